The monoisotopic (exact) mass is 201 g/mol. The van der Waals surface area contributed by atoms with Crippen LogP contribution in [0, 0.1) is 6.92 Å². The molecule has 15 heavy (non-hydrogen) atoms. The van der Waals surface area contributed by atoms with Gasteiger partial charge in [-0.25, -0.2) is 0 Å². The highest BCUT2D eigenvalue weighted by Gasteiger charge is 1.95. The molecule has 0 amide bonds. The summed E-state index contributed by atoms with van der Waals surface area (Å²) in [6.45, 7) is 5.70. The number of aryl methyl sites for hydroxylation is 1. The van der Waals surface area contributed by atoms with Crippen LogP contribution in [0.15, 0.2) is 53.7 Å². The van der Waals surface area contributed by atoms with Crippen LogP contribution in [0.5, 0.6) is 5.75 Å². The van der Waals surface area contributed by atoms with E-state index in [0.717, 1.165) is 5.75 Å². The fraction of sp³-hybridized carbons (Fsp3) is 0.154. The molecule has 0 spiro atoms. The molecule has 1 aromatic rings. The van der Waals surface area contributed by atoms with Crippen LogP contribution in [0.2, 0.25) is 0 Å². The third kappa shape index (κ3) is 3.81. The minimum Gasteiger partial charge on any atom is -0.457 e. The van der Waals surface area contributed by atoms with Gasteiger partial charge in [0.05, 0.1) is 0 Å². The van der Waals surface area contributed by atoms with Gasteiger partial charge < -0.3 is 4.74 Å². The number of benzene rings is 1. The van der Waals surface area contributed by atoms with Gasteiger partial charge in [0.15, 0.2) is 0 Å². The molecule has 78 valence electrons. The maximum atomic E-state index is 5.60. The molecule has 0 heterocycles. The van der Waals surface area contributed by atoms with Gasteiger partial charge in [-0.2, -0.15) is 0 Å². The summed E-state index contributed by atoms with van der Waals surface area (Å²) in [5.74, 6) is 1.50. The third-order valence-corrected chi connectivity index (χ3v) is 1.81. The minimum absolute atomic E-state index is 0.686. The third-order valence-electron chi connectivity index (χ3n) is 1.81. The van der Waals surface area contributed by atoms with Gasteiger partial charge in [0.25, 0.3) is 0 Å². The van der Waals surface area contributed by atoms with Crippen LogP contribution < -0.4 is 4.74 Å². The Labute approximate surface area is 90.6 Å². The van der Waals surface area contributed by atoms with Crippen molar-refractivity contribution in [3.8, 4) is 5.75 Å². The molecule has 0 aliphatic heterocycles. The molecule has 0 radical (unpaired) electrons. The van der Waals surface area contributed by atoms with Crippen molar-refractivity contribution in [2.24, 2.45) is 4.99 Å². The molecule has 2 heteroatoms. The maximum absolute atomic E-state index is 5.60. The predicted molar refractivity (Wildman–Crippen MR) is 64.5 cm³/mol. The molecular weight excluding hydrogens is 186 g/mol. The van der Waals surface area contributed by atoms with Gasteiger partial charge in [-0.3, -0.25) is 4.99 Å². The zero-order valence-corrected chi connectivity index (χ0v) is 9.10. The number of aliphatic imine (C=N–C) groups is 1. The number of nitrogens with zero attached hydrogens (tertiary/aromatic N) is 1. The molecule has 2 nitrogen and oxygen atoms in total. The Bertz CT molecular complexity index is 391. The quantitative estimate of drug-likeness (QED) is 0.416. The Kier molecular flexibility index (Phi) is 4.35. The van der Waals surface area contributed by atoms with Crippen LogP contribution in [-0.4, -0.2) is 13.3 Å². The first kappa shape index (κ1) is 11.2. The van der Waals surface area contributed by atoms with Gasteiger partial charge in [0.2, 0.25) is 0 Å². The topological polar surface area (TPSA) is 21.6 Å². The average Bonchev–Trinajstić information content (AvgIpc) is 2.24. The number of hydrogen-bond donors (Lipinski definition) is 0. The second-order valence-corrected chi connectivity index (χ2v) is 3.10. The molecule has 1 aromatic carbocycles. The lowest BCUT2D eigenvalue weighted by Gasteiger charge is -2.05. The van der Waals surface area contributed by atoms with Gasteiger partial charge in [-0.1, -0.05) is 18.7 Å². The Morgan fingerprint density at radius 3 is 2.87 bits per heavy atom. The number of rotatable bonds is 4. The SMILES string of the molecule is C=C/C(=C\C=N/C)Oc1cccc(C)c1. The summed E-state index contributed by atoms with van der Waals surface area (Å²) < 4.78 is 5.60. The molecule has 0 atom stereocenters. The molecule has 0 unspecified atom stereocenters. The van der Waals surface area contributed by atoms with Gasteiger partial charge in [-0.05, 0) is 36.8 Å². The second-order valence-electron chi connectivity index (χ2n) is 3.10. The second kappa shape index (κ2) is 5.81. The van der Waals surface area contributed by atoms with E-state index in [1.54, 1.807) is 25.4 Å². The van der Waals surface area contributed by atoms with Crippen molar-refractivity contribution in [2.75, 3.05) is 7.05 Å². The summed E-state index contributed by atoms with van der Waals surface area (Å²) in [6, 6.07) is 7.87. The van der Waals surface area contributed by atoms with Crippen LogP contribution in [0.3, 0.4) is 0 Å². The summed E-state index contributed by atoms with van der Waals surface area (Å²) in [5, 5.41) is 0. The Hall–Kier alpha value is -1.83. The van der Waals surface area contributed by atoms with Crippen molar-refractivity contribution in [3.63, 3.8) is 0 Å². The first-order valence-electron chi connectivity index (χ1n) is 4.75. The van der Waals surface area contributed by atoms with Crippen LogP contribution in [0.25, 0.3) is 0 Å². The van der Waals surface area contributed by atoms with Crippen molar-refractivity contribution < 1.29 is 4.74 Å². The van der Waals surface area contributed by atoms with E-state index in [2.05, 4.69) is 11.6 Å². The molecule has 0 saturated carbocycles. The van der Waals surface area contributed by atoms with Crippen molar-refractivity contribution in [2.45, 2.75) is 6.92 Å². The normalized spacial score (nSPS) is 11.7. The molecule has 0 aliphatic rings. The van der Waals surface area contributed by atoms with Crippen molar-refractivity contribution in [1.82, 2.24) is 0 Å². The Balaban J connectivity index is 2.79. The summed E-state index contributed by atoms with van der Waals surface area (Å²) in [4.78, 5) is 3.85. The average molecular weight is 201 g/mol. The molecule has 0 N–H and O–H groups in total. The maximum Gasteiger partial charge on any atom is 0.128 e. The van der Waals surface area contributed by atoms with Gasteiger partial charge in [0, 0.05) is 13.3 Å². The summed E-state index contributed by atoms with van der Waals surface area (Å²) in [5.41, 5.74) is 1.17. The van der Waals surface area contributed by atoms with Crippen molar-refractivity contribution in [1.29, 1.82) is 0 Å². The number of ether oxygens (including phenoxy) is 1. The highest BCUT2D eigenvalue weighted by molar-refractivity contribution is 5.72. The molecular formula is C13H15NO. The molecule has 1 rings (SSSR count). The van der Waals surface area contributed by atoms with E-state index >= 15 is 0 Å². The van der Waals surface area contributed by atoms with Crippen LogP contribution in [-0.2, 0) is 0 Å². The largest absolute Gasteiger partial charge is 0.457 e. The minimum atomic E-state index is 0.686. The van der Waals surface area contributed by atoms with E-state index in [1.807, 2.05) is 31.2 Å². The fourth-order valence-corrected chi connectivity index (χ4v) is 1.11. The first-order chi connectivity index (χ1) is 7.26. The predicted octanol–water partition coefficient (Wildman–Crippen LogP) is 3.14. The van der Waals surface area contributed by atoms with Gasteiger partial charge in [0.1, 0.15) is 11.5 Å². The number of allylic oxidation sites excluding steroid dienone is 2. The fourth-order valence-electron chi connectivity index (χ4n) is 1.11. The summed E-state index contributed by atoms with van der Waals surface area (Å²) in [7, 11) is 1.71. The highest BCUT2D eigenvalue weighted by Crippen LogP contribution is 2.15. The molecule has 0 fully saturated rings. The number of hydrogen-bond acceptors (Lipinski definition) is 2. The highest BCUT2D eigenvalue weighted by atomic mass is 16.5. The van der Waals surface area contributed by atoms with Gasteiger partial charge >= 0.3 is 0 Å². The van der Waals surface area contributed by atoms with E-state index in [1.165, 1.54) is 5.56 Å². The smallest absolute Gasteiger partial charge is 0.128 e. The van der Waals surface area contributed by atoms with Crippen molar-refractivity contribution >= 4 is 6.21 Å². The lowest BCUT2D eigenvalue weighted by molar-refractivity contribution is 0.445. The van der Waals surface area contributed by atoms with E-state index in [-0.39, 0.29) is 0 Å². The zero-order valence-electron chi connectivity index (χ0n) is 9.10. The summed E-state index contributed by atoms with van der Waals surface area (Å²) in [6.07, 6.45) is 5.10. The molecule has 0 aromatic heterocycles. The van der Waals surface area contributed by atoms with E-state index < -0.39 is 0 Å². The molecule has 0 aliphatic carbocycles. The lowest BCUT2D eigenvalue weighted by atomic mass is 10.2. The molecule has 0 saturated heterocycles. The Morgan fingerprint density at radius 2 is 2.27 bits per heavy atom. The first-order valence-corrected chi connectivity index (χ1v) is 4.75. The lowest BCUT2D eigenvalue weighted by Crippen LogP contribution is -1.92. The molecule has 0 bridgehead atoms. The standard InChI is InChI=1S/C13H15NO/c1-4-12(8-9-14-3)15-13-7-5-6-11(2)10-13/h4-10H,1H2,2-3H3/b12-8+,14-9-. The zero-order chi connectivity index (χ0) is 11.1. The van der Waals surface area contributed by atoms with E-state index in [4.69, 9.17) is 4.74 Å². The summed E-state index contributed by atoms with van der Waals surface area (Å²) >= 11 is 0. The van der Waals surface area contributed by atoms with Crippen LogP contribution in [0.4, 0.5) is 0 Å². The van der Waals surface area contributed by atoms with Crippen LogP contribution in [0.1, 0.15) is 5.56 Å². The van der Waals surface area contributed by atoms with Crippen molar-refractivity contribution in [3.05, 3.63) is 54.3 Å². The van der Waals surface area contributed by atoms with E-state index in [9.17, 15) is 0 Å². The van der Waals surface area contributed by atoms with E-state index in [0.29, 0.717) is 5.76 Å². The van der Waals surface area contributed by atoms with Gasteiger partial charge in [-0.15, -0.1) is 0 Å². The Morgan fingerprint density at radius 1 is 1.47 bits per heavy atom. The van der Waals surface area contributed by atoms with Crippen LogP contribution >= 0.6 is 0 Å².